The van der Waals surface area contributed by atoms with E-state index in [4.69, 9.17) is 0 Å². The van der Waals surface area contributed by atoms with Crippen molar-refractivity contribution in [3.05, 3.63) is 20.8 Å². The van der Waals surface area contributed by atoms with Crippen molar-refractivity contribution in [2.24, 2.45) is 11.8 Å². The molecule has 1 aliphatic carbocycles. The zero-order valence-electron chi connectivity index (χ0n) is 16.0. The number of aryl methyl sites for hydroxylation is 1. The molecule has 0 unspecified atom stereocenters. The van der Waals surface area contributed by atoms with E-state index in [1.807, 2.05) is 13.8 Å². The quantitative estimate of drug-likeness (QED) is 0.589. The maximum atomic E-state index is 12.6. The minimum Gasteiger partial charge on any atom is -0.337 e. The number of amides is 1. The van der Waals surface area contributed by atoms with Gasteiger partial charge in [-0.25, -0.2) is 4.98 Å². The third-order valence-electron chi connectivity index (χ3n) is 5.27. The van der Waals surface area contributed by atoms with Crippen LogP contribution in [0.2, 0.25) is 0 Å². The SMILES string of the molecule is CC(C)[C@@](C)(C#N)NC(=O)CSc1nc2sc3c(c2c(=O)[nH]1)CC[C@H](C)C3. The number of carbonyl (C=O) groups excluding carboxylic acids is 1. The second kappa shape index (κ2) is 7.64. The lowest BCUT2D eigenvalue weighted by Crippen LogP contribution is -2.49. The first kappa shape index (κ1) is 19.9. The van der Waals surface area contributed by atoms with Crippen LogP contribution in [0.25, 0.3) is 10.2 Å². The summed E-state index contributed by atoms with van der Waals surface area (Å²) in [4.78, 5) is 34.2. The molecule has 1 aliphatic rings. The smallest absolute Gasteiger partial charge is 0.260 e. The standard InChI is InChI=1S/C19H24N4O2S2/c1-10(2)19(4,9-20)23-14(24)8-26-18-21-16(25)15-12-6-5-11(3)7-13(12)27-17(15)22-18/h10-11H,5-8H2,1-4H3,(H,23,24)(H,21,22,25)/t11-,19+/m0/s1. The van der Waals surface area contributed by atoms with Gasteiger partial charge in [0.1, 0.15) is 10.4 Å². The van der Waals surface area contributed by atoms with Gasteiger partial charge in [-0.05, 0) is 43.6 Å². The number of nitriles is 1. The minimum absolute atomic E-state index is 0.00874. The van der Waals surface area contributed by atoms with Gasteiger partial charge in [0.25, 0.3) is 5.56 Å². The number of fused-ring (bicyclic) bond motifs is 3. The van der Waals surface area contributed by atoms with Gasteiger partial charge in [-0.2, -0.15) is 5.26 Å². The summed E-state index contributed by atoms with van der Waals surface area (Å²) in [6.45, 7) is 7.73. The molecular formula is C19H24N4O2S2. The van der Waals surface area contributed by atoms with Gasteiger partial charge in [0.15, 0.2) is 5.16 Å². The summed E-state index contributed by atoms with van der Waals surface area (Å²) < 4.78 is 0. The van der Waals surface area contributed by atoms with E-state index in [9.17, 15) is 14.9 Å². The molecule has 0 saturated carbocycles. The van der Waals surface area contributed by atoms with E-state index in [0.29, 0.717) is 16.5 Å². The van der Waals surface area contributed by atoms with Crippen molar-refractivity contribution in [2.45, 2.75) is 57.7 Å². The second-order valence-corrected chi connectivity index (χ2v) is 9.76. The van der Waals surface area contributed by atoms with Crippen LogP contribution in [0.15, 0.2) is 9.95 Å². The molecule has 2 aromatic heterocycles. The molecule has 2 atom stereocenters. The Kier molecular flexibility index (Phi) is 5.63. The molecule has 1 amide bonds. The Hall–Kier alpha value is -1.85. The molecule has 144 valence electrons. The molecule has 2 heterocycles. The van der Waals surface area contributed by atoms with Gasteiger partial charge >= 0.3 is 0 Å². The first-order chi connectivity index (χ1) is 12.7. The third kappa shape index (κ3) is 4.04. The Morgan fingerprint density at radius 3 is 2.96 bits per heavy atom. The van der Waals surface area contributed by atoms with Crippen LogP contribution in [-0.2, 0) is 17.6 Å². The van der Waals surface area contributed by atoms with Gasteiger partial charge in [0.2, 0.25) is 5.91 Å². The van der Waals surface area contributed by atoms with Gasteiger partial charge in [-0.15, -0.1) is 11.3 Å². The van der Waals surface area contributed by atoms with Gasteiger partial charge in [-0.1, -0.05) is 32.5 Å². The fraction of sp³-hybridized carbons (Fsp3) is 0.579. The van der Waals surface area contributed by atoms with Crippen LogP contribution in [0.4, 0.5) is 0 Å². The first-order valence-corrected chi connectivity index (χ1v) is 10.9. The van der Waals surface area contributed by atoms with E-state index in [-0.39, 0.29) is 23.1 Å². The predicted molar refractivity (Wildman–Crippen MR) is 109 cm³/mol. The number of aromatic nitrogens is 2. The van der Waals surface area contributed by atoms with Crippen molar-refractivity contribution in [1.29, 1.82) is 5.26 Å². The Morgan fingerprint density at radius 1 is 1.56 bits per heavy atom. The van der Waals surface area contributed by atoms with Crippen LogP contribution in [0.1, 0.15) is 44.6 Å². The van der Waals surface area contributed by atoms with Crippen LogP contribution in [-0.4, -0.2) is 27.2 Å². The Labute approximate surface area is 166 Å². The molecule has 0 bridgehead atoms. The van der Waals surface area contributed by atoms with Crippen molar-refractivity contribution < 1.29 is 4.79 Å². The summed E-state index contributed by atoms with van der Waals surface area (Å²) in [6, 6.07) is 2.16. The molecular weight excluding hydrogens is 380 g/mol. The van der Waals surface area contributed by atoms with Gasteiger partial charge < -0.3 is 10.3 Å². The molecule has 0 spiro atoms. The molecule has 3 rings (SSSR count). The Balaban J connectivity index is 1.76. The third-order valence-corrected chi connectivity index (χ3v) is 7.29. The zero-order valence-corrected chi connectivity index (χ0v) is 17.6. The lowest BCUT2D eigenvalue weighted by molar-refractivity contribution is -0.120. The van der Waals surface area contributed by atoms with Crippen molar-refractivity contribution in [2.75, 3.05) is 5.75 Å². The minimum atomic E-state index is -0.911. The highest BCUT2D eigenvalue weighted by molar-refractivity contribution is 7.99. The first-order valence-electron chi connectivity index (χ1n) is 9.13. The van der Waals surface area contributed by atoms with Crippen LogP contribution in [0, 0.1) is 23.2 Å². The van der Waals surface area contributed by atoms with E-state index in [0.717, 1.165) is 29.7 Å². The summed E-state index contributed by atoms with van der Waals surface area (Å²) in [7, 11) is 0. The van der Waals surface area contributed by atoms with Crippen molar-refractivity contribution in [1.82, 2.24) is 15.3 Å². The number of carbonyl (C=O) groups is 1. The summed E-state index contributed by atoms with van der Waals surface area (Å²) >= 11 is 2.78. The number of hydrogen-bond acceptors (Lipinski definition) is 6. The summed E-state index contributed by atoms with van der Waals surface area (Å²) in [6.07, 6.45) is 3.03. The average molecular weight is 405 g/mol. The predicted octanol–water partition coefficient (Wildman–Crippen LogP) is 3.26. The fourth-order valence-corrected chi connectivity index (χ4v) is 5.26. The van der Waals surface area contributed by atoms with Crippen LogP contribution in [0.5, 0.6) is 0 Å². The lowest BCUT2D eigenvalue weighted by Gasteiger charge is -2.27. The van der Waals surface area contributed by atoms with E-state index in [1.54, 1.807) is 18.3 Å². The monoisotopic (exact) mass is 404 g/mol. The molecule has 8 heteroatoms. The van der Waals surface area contributed by atoms with Crippen LogP contribution < -0.4 is 10.9 Å². The zero-order chi connectivity index (χ0) is 19.8. The number of thioether (sulfide) groups is 1. The normalized spacial score (nSPS) is 18.7. The van der Waals surface area contributed by atoms with E-state index in [1.165, 1.54) is 16.6 Å². The highest BCUT2D eigenvalue weighted by Gasteiger charge is 2.30. The summed E-state index contributed by atoms with van der Waals surface area (Å²) in [5.41, 5.74) is 0.114. The average Bonchev–Trinajstić information content (AvgIpc) is 2.97. The Bertz CT molecular complexity index is 972. The van der Waals surface area contributed by atoms with E-state index >= 15 is 0 Å². The summed E-state index contributed by atoms with van der Waals surface area (Å²) in [5.74, 6) is 0.476. The molecule has 2 N–H and O–H groups in total. The number of hydrogen-bond donors (Lipinski definition) is 2. The second-order valence-electron chi connectivity index (χ2n) is 7.71. The molecule has 0 saturated heterocycles. The van der Waals surface area contributed by atoms with Gasteiger partial charge in [-0.3, -0.25) is 9.59 Å². The molecule has 27 heavy (non-hydrogen) atoms. The highest BCUT2D eigenvalue weighted by atomic mass is 32.2. The van der Waals surface area contributed by atoms with Crippen molar-refractivity contribution in [3.63, 3.8) is 0 Å². The number of H-pyrrole nitrogens is 1. The molecule has 6 nitrogen and oxygen atoms in total. The van der Waals surface area contributed by atoms with Crippen molar-refractivity contribution >= 4 is 39.2 Å². The maximum Gasteiger partial charge on any atom is 0.260 e. The lowest BCUT2D eigenvalue weighted by atomic mass is 9.89. The molecule has 0 aliphatic heterocycles. The fourth-order valence-electron chi connectivity index (χ4n) is 3.16. The number of nitrogens with one attached hydrogen (secondary N) is 2. The number of rotatable bonds is 5. The molecule has 2 aromatic rings. The number of nitrogens with zero attached hydrogens (tertiary/aromatic N) is 2. The van der Waals surface area contributed by atoms with E-state index < -0.39 is 5.54 Å². The van der Waals surface area contributed by atoms with E-state index in [2.05, 4.69) is 28.3 Å². The molecule has 0 aromatic carbocycles. The van der Waals surface area contributed by atoms with Crippen LogP contribution in [0.3, 0.4) is 0 Å². The van der Waals surface area contributed by atoms with Crippen LogP contribution >= 0.6 is 23.1 Å². The van der Waals surface area contributed by atoms with Gasteiger partial charge in [0.05, 0.1) is 17.2 Å². The Morgan fingerprint density at radius 2 is 2.30 bits per heavy atom. The molecule has 0 fully saturated rings. The highest BCUT2D eigenvalue weighted by Crippen LogP contribution is 2.36. The van der Waals surface area contributed by atoms with Crippen molar-refractivity contribution in [3.8, 4) is 6.07 Å². The topological polar surface area (TPSA) is 98.6 Å². The number of aromatic amines is 1. The van der Waals surface area contributed by atoms with Gasteiger partial charge in [0, 0.05) is 4.88 Å². The maximum absolute atomic E-state index is 12.6. The molecule has 0 radical (unpaired) electrons. The summed E-state index contributed by atoms with van der Waals surface area (Å²) in [5, 5.41) is 13.2. The number of thiophene rings is 1. The largest absolute Gasteiger partial charge is 0.337 e.